The Morgan fingerprint density at radius 2 is 2.20 bits per heavy atom. The summed E-state index contributed by atoms with van der Waals surface area (Å²) in [6.45, 7) is 7.76. The first-order valence-electron chi connectivity index (χ1n) is 7.27. The van der Waals surface area contributed by atoms with E-state index in [1.807, 2.05) is 6.07 Å². The highest BCUT2D eigenvalue weighted by Gasteiger charge is 2.19. The summed E-state index contributed by atoms with van der Waals surface area (Å²) in [5.74, 6) is -0.180. The van der Waals surface area contributed by atoms with Crippen LogP contribution in [0.2, 0.25) is 0 Å². The summed E-state index contributed by atoms with van der Waals surface area (Å²) < 4.78 is 5.65. The van der Waals surface area contributed by atoms with Crippen molar-refractivity contribution < 1.29 is 14.6 Å². The van der Waals surface area contributed by atoms with Crippen LogP contribution in [-0.4, -0.2) is 37.4 Å². The maximum Gasteiger partial charge on any atom is 0.335 e. The SMILES string of the molecule is CC(C)CCOCCN1CCc2cc(C(=O)O)ccc21. The molecule has 0 atom stereocenters. The van der Waals surface area contributed by atoms with Crippen LogP contribution in [0.3, 0.4) is 0 Å². The number of anilines is 1. The number of benzene rings is 1. The largest absolute Gasteiger partial charge is 0.478 e. The van der Waals surface area contributed by atoms with Crippen LogP contribution in [0.25, 0.3) is 0 Å². The van der Waals surface area contributed by atoms with Crippen molar-refractivity contribution in [2.24, 2.45) is 5.92 Å². The molecule has 4 nitrogen and oxygen atoms in total. The Kier molecular flexibility index (Phi) is 5.01. The van der Waals surface area contributed by atoms with Crippen LogP contribution < -0.4 is 4.90 Å². The Hall–Kier alpha value is -1.55. The molecule has 0 amide bonds. The number of fused-ring (bicyclic) bond motifs is 1. The summed E-state index contributed by atoms with van der Waals surface area (Å²) in [4.78, 5) is 13.2. The molecular weight excluding hydrogens is 254 g/mol. The molecule has 1 aliphatic heterocycles. The molecule has 0 spiro atoms. The molecule has 0 fully saturated rings. The van der Waals surface area contributed by atoms with Gasteiger partial charge in [-0.15, -0.1) is 0 Å². The van der Waals surface area contributed by atoms with E-state index in [1.165, 1.54) is 0 Å². The fourth-order valence-electron chi connectivity index (χ4n) is 2.43. The zero-order valence-electron chi connectivity index (χ0n) is 12.3. The molecule has 1 aromatic rings. The minimum absolute atomic E-state index is 0.374. The van der Waals surface area contributed by atoms with Crippen LogP contribution in [0.1, 0.15) is 36.2 Å². The number of aromatic carboxylic acids is 1. The molecule has 110 valence electrons. The Bertz CT molecular complexity index is 471. The van der Waals surface area contributed by atoms with Crippen molar-refractivity contribution in [1.29, 1.82) is 0 Å². The van der Waals surface area contributed by atoms with Crippen molar-refractivity contribution in [2.45, 2.75) is 26.7 Å². The summed E-state index contributed by atoms with van der Waals surface area (Å²) in [7, 11) is 0. The molecule has 4 heteroatoms. The molecule has 0 unspecified atom stereocenters. The number of carbonyl (C=O) groups is 1. The number of rotatable bonds is 7. The third-order valence-corrected chi connectivity index (χ3v) is 3.66. The van der Waals surface area contributed by atoms with Gasteiger partial charge in [-0.25, -0.2) is 4.79 Å². The lowest BCUT2D eigenvalue weighted by atomic mass is 10.1. The molecule has 0 radical (unpaired) electrons. The standard InChI is InChI=1S/C16H23NO3/c1-12(2)6-9-20-10-8-17-7-5-13-11-14(16(18)19)3-4-15(13)17/h3-4,11-12H,5-10H2,1-2H3,(H,18,19). The van der Waals surface area contributed by atoms with E-state index in [9.17, 15) is 4.79 Å². The lowest BCUT2D eigenvalue weighted by Crippen LogP contribution is -2.25. The van der Waals surface area contributed by atoms with E-state index < -0.39 is 5.97 Å². The van der Waals surface area contributed by atoms with Crippen molar-refractivity contribution in [3.05, 3.63) is 29.3 Å². The number of carboxylic acids is 1. The van der Waals surface area contributed by atoms with E-state index in [4.69, 9.17) is 9.84 Å². The summed E-state index contributed by atoms with van der Waals surface area (Å²) in [5.41, 5.74) is 2.66. The Labute approximate surface area is 120 Å². The second kappa shape index (κ2) is 6.75. The smallest absolute Gasteiger partial charge is 0.335 e. The lowest BCUT2D eigenvalue weighted by molar-refractivity contribution is 0.0697. The van der Waals surface area contributed by atoms with Gasteiger partial charge in [0.25, 0.3) is 0 Å². The Morgan fingerprint density at radius 3 is 2.90 bits per heavy atom. The Balaban J connectivity index is 1.84. The van der Waals surface area contributed by atoms with Gasteiger partial charge in [-0.1, -0.05) is 13.8 Å². The van der Waals surface area contributed by atoms with Crippen molar-refractivity contribution in [3.63, 3.8) is 0 Å². The van der Waals surface area contributed by atoms with Crippen LogP contribution in [0.5, 0.6) is 0 Å². The number of hydrogen-bond donors (Lipinski definition) is 1. The average Bonchev–Trinajstić information content (AvgIpc) is 2.80. The van der Waals surface area contributed by atoms with Crippen LogP contribution in [-0.2, 0) is 11.2 Å². The first kappa shape index (κ1) is 14.9. The van der Waals surface area contributed by atoms with E-state index in [2.05, 4.69) is 18.7 Å². The predicted molar refractivity (Wildman–Crippen MR) is 79.6 cm³/mol. The lowest BCUT2D eigenvalue weighted by Gasteiger charge is -2.19. The van der Waals surface area contributed by atoms with Crippen LogP contribution in [0.15, 0.2) is 18.2 Å². The monoisotopic (exact) mass is 277 g/mol. The molecule has 1 aromatic carbocycles. The average molecular weight is 277 g/mol. The van der Waals surface area contributed by atoms with Gasteiger partial charge < -0.3 is 14.7 Å². The van der Waals surface area contributed by atoms with Gasteiger partial charge in [0.1, 0.15) is 0 Å². The molecule has 1 N–H and O–H groups in total. The highest BCUT2D eigenvalue weighted by molar-refractivity contribution is 5.88. The molecule has 2 rings (SSSR count). The van der Waals surface area contributed by atoms with E-state index in [-0.39, 0.29) is 0 Å². The highest BCUT2D eigenvalue weighted by atomic mass is 16.5. The fourth-order valence-corrected chi connectivity index (χ4v) is 2.43. The molecule has 0 saturated carbocycles. The summed E-state index contributed by atoms with van der Waals surface area (Å²) in [5, 5.41) is 8.99. The minimum atomic E-state index is -0.858. The van der Waals surface area contributed by atoms with Crippen molar-refractivity contribution in [2.75, 3.05) is 31.2 Å². The topological polar surface area (TPSA) is 49.8 Å². The van der Waals surface area contributed by atoms with Gasteiger partial charge in [-0.3, -0.25) is 0 Å². The maximum atomic E-state index is 10.9. The van der Waals surface area contributed by atoms with E-state index in [0.717, 1.165) is 50.4 Å². The zero-order valence-corrected chi connectivity index (χ0v) is 12.3. The van der Waals surface area contributed by atoms with E-state index >= 15 is 0 Å². The van der Waals surface area contributed by atoms with Gasteiger partial charge in [0.15, 0.2) is 0 Å². The zero-order chi connectivity index (χ0) is 14.5. The summed E-state index contributed by atoms with van der Waals surface area (Å²) in [6, 6.07) is 5.39. The molecule has 0 saturated heterocycles. The van der Waals surface area contributed by atoms with Crippen molar-refractivity contribution >= 4 is 11.7 Å². The molecule has 20 heavy (non-hydrogen) atoms. The van der Waals surface area contributed by atoms with Gasteiger partial charge in [0, 0.05) is 25.4 Å². The summed E-state index contributed by atoms with van der Waals surface area (Å²) in [6.07, 6.45) is 2.01. The fraction of sp³-hybridized carbons (Fsp3) is 0.562. The molecule has 0 bridgehead atoms. The number of carboxylic acid groups (broad SMARTS) is 1. The van der Waals surface area contributed by atoms with Crippen LogP contribution in [0, 0.1) is 5.92 Å². The van der Waals surface area contributed by atoms with E-state index in [1.54, 1.807) is 12.1 Å². The van der Waals surface area contributed by atoms with Crippen LogP contribution in [0.4, 0.5) is 5.69 Å². The molecular formula is C16H23NO3. The second-order valence-electron chi connectivity index (χ2n) is 5.68. The molecule has 1 heterocycles. The van der Waals surface area contributed by atoms with Crippen molar-refractivity contribution in [3.8, 4) is 0 Å². The molecule has 0 aromatic heterocycles. The minimum Gasteiger partial charge on any atom is -0.478 e. The number of hydrogen-bond acceptors (Lipinski definition) is 3. The molecule has 0 aliphatic carbocycles. The highest BCUT2D eigenvalue weighted by Crippen LogP contribution is 2.28. The number of ether oxygens (including phenoxy) is 1. The third-order valence-electron chi connectivity index (χ3n) is 3.66. The maximum absolute atomic E-state index is 10.9. The van der Waals surface area contributed by atoms with Gasteiger partial charge in [0.2, 0.25) is 0 Å². The third kappa shape index (κ3) is 3.73. The predicted octanol–water partition coefficient (Wildman–Crippen LogP) is 2.81. The Morgan fingerprint density at radius 1 is 1.40 bits per heavy atom. The summed E-state index contributed by atoms with van der Waals surface area (Å²) >= 11 is 0. The normalized spacial score (nSPS) is 13.8. The second-order valence-corrected chi connectivity index (χ2v) is 5.68. The van der Waals surface area contributed by atoms with Crippen LogP contribution >= 0.6 is 0 Å². The van der Waals surface area contributed by atoms with Gasteiger partial charge >= 0.3 is 5.97 Å². The molecule has 1 aliphatic rings. The first-order chi connectivity index (χ1) is 9.58. The van der Waals surface area contributed by atoms with Gasteiger partial charge in [-0.2, -0.15) is 0 Å². The van der Waals surface area contributed by atoms with Gasteiger partial charge in [-0.05, 0) is 42.5 Å². The number of nitrogens with zero attached hydrogens (tertiary/aromatic N) is 1. The first-order valence-corrected chi connectivity index (χ1v) is 7.27. The quantitative estimate of drug-likeness (QED) is 0.779. The van der Waals surface area contributed by atoms with Gasteiger partial charge in [0.05, 0.1) is 12.2 Å². The van der Waals surface area contributed by atoms with Crippen molar-refractivity contribution in [1.82, 2.24) is 0 Å². The van der Waals surface area contributed by atoms with E-state index in [0.29, 0.717) is 11.5 Å².